The molecule has 2 rings (SSSR count). The maximum Gasteiger partial charge on any atom is 0.230 e. The molecule has 0 aromatic carbocycles. The summed E-state index contributed by atoms with van der Waals surface area (Å²) in [5.74, 6) is -0.0125. The molecule has 1 aliphatic carbocycles. The van der Waals surface area contributed by atoms with Crippen LogP contribution in [0.4, 0.5) is 5.69 Å². The second-order valence-electron chi connectivity index (χ2n) is 5.59. The van der Waals surface area contributed by atoms with Gasteiger partial charge in [0.2, 0.25) is 5.91 Å². The van der Waals surface area contributed by atoms with Crippen LogP contribution in [-0.4, -0.2) is 20.8 Å². The Kier molecular flexibility index (Phi) is 3.67. The molecule has 104 valence electrons. The zero-order chi connectivity index (χ0) is 14.3. The van der Waals surface area contributed by atoms with Crippen LogP contribution in [0.2, 0.25) is 0 Å². The summed E-state index contributed by atoms with van der Waals surface area (Å²) in [6.45, 7) is 5.80. The Hall–Kier alpha value is -1.000. The van der Waals surface area contributed by atoms with Gasteiger partial charge in [-0.2, -0.15) is 0 Å². The fourth-order valence-electron chi connectivity index (χ4n) is 1.61. The molecule has 1 atom stereocenters. The van der Waals surface area contributed by atoms with E-state index in [4.69, 9.17) is 27.9 Å². The van der Waals surface area contributed by atoms with E-state index in [-0.39, 0.29) is 17.4 Å². The molecule has 1 fully saturated rings. The fraction of sp³-hybridized carbons (Fsp3) is 0.538. The molecule has 6 heteroatoms. The van der Waals surface area contributed by atoms with Crippen molar-refractivity contribution in [2.45, 2.75) is 37.1 Å². The van der Waals surface area contributed by atoms with Crippen LogP contribution in [0, 0.1) is 5.92 Å². The van der Waals surface area contributed by atoms with Crippen molar-refractivity contribution in [3.05, 3.63) is 18.5 Å². The predicted molar refractivity (Wildman–Crippen MR) is 75.8 cm³/mol. The third-order valence-electron chi connectivity index (χ3n) is 2.60. The minimum atomic E-state index is -0.933. The molecule has 0 unspecified atom stereocenters. The Morgan fingerprint density at radius 1 is 1.53 bits per heavy atom. The van der Waals surface area contributed by atoms with Crippen molar-refractivity contribution in [1.82, 2.24) is 4.98 Å². The maximum atomic E-state index is 11.9. The summed E-state index contributed by atoms with van der Waals surface area (Å²) in [6, 6.07) is 1.71. The zero-order valence-electron chi connectivity index (χ0n) is 11.0. The summed E-state index contributed by atoms with van der Waals surface area (Å²) in [5.41, 5.74) is 0.168. The highest BCUT2D eigenvalue weighted by Crippen LogP contribution is 2.53. The third-order valence-corrected chi connectivity index (χ3v) is 3.43. The summed E-state index contributed by atoms with van der Waals surface area (Å²) < 4.78 is 4.83. The Morgan fingerprint density at radius 3 is 2.68 bits per heavy atom. The monoisotopic (exact) mass is 302 g/mol. The normalized spacial score (nSPS) is 20.8. The molecule has 1 aromatic rings. The van der Waals surface area contributed by atoms with Gasteiger partial charge in [0.05, 0.1) is 12.1 Å². The van der Waals surface area contributed by atoms with Crippen molar-refractivity contribution in [3.63, 3.8) is 0 Å². The lowest BCUT2D eigenvalue weighted by molar-refractivity contribution is -0.117. The minimum Gasteiger partial charge on any atom is -0.486 e. The van der Waals surface area contributed by atoms with Crippen LogP contribution in [0.25, 0.3) is 0 Å². The highest BCUT2D eigenvalue weighted by Gasteiger charge is 2.56. The second-order valence-corrected chi connectivity index (χ2v) is 7.14. The Balaban J connectivity index is 2.10. The van der Waals surface area contributed by atoms with E-state index in [0.717, 1.165) is 0 Å². The second kappa shape index (κ2) is 4.84. The van der Waals surface area contributed by atoms with Gasteiger partial charge in [-0.3, -0.25) is 9.78 Å². The largest absolute Gasteiger partial charge is 0.486 e. The molecule has 1 heterocycles. The number of ether oxygens (including phenoxy) is 1. The lowest BCUT2D eigenvalue weighted by atomic mass is 10.2. The minimum absolute atomic E-state index is 0.211. The van der Waals surface area contributed by atoms with Gasteiger partial charge < -0.3 is 10.1 Å². The van der Waals surface area contributed by atoms with E-state index in [0.29, 0.717) is 17.9 Å². The molecular formula is C13H16Cl2N2O2. The molecule has 4 nitrogen and oxygen atoms in total. The molecule has 19 heavy (non-hydrogen) atoms. The first kappa shape index (κ1) is 14.4. The number of halogens is 2. The van der Waals surface area contributed by atoms with Crippen molar-refractivity contribution < 1.29 is 9.53 Å². The Bertz CT molecular complexity index is 498. The number of alkyl halides is 2. The molecule has 1 aromatic heterocycles. The number of rotatable bonds is 3. The molecule has 1 amide bonds. The molecule has 1 N–H and O–H groups in total. The lowest BCUT2D eigenvalue weighted by Crippen LogP contribution is -2.24. The van der Waals surface area contributed by atoms with Gasteiger partial charge in [-0.05, 0) is 27.2 Å². The molecule has 1 saturated carbocycles. The maximum absolute atomic E-state index is 11.9. The predicted octanol–water partition coefficient (Wildman–Crippen LogP) is 3.39. The first-order valence-corrected chi connectivity index (χ1v) is 6.76. The smallest absolute Gasteiger partial charge is 0.230 e. The van der Waals surface area contributed by atoms with Crippen molar-refractivity contribution in [2.24, 2.45) is 5.92 Å². The first-order valence-electron chi connectivity index (χ1n) is 6.01. The van der Waals surface area contributed by atoms with Gasteiger partial charge in [-0.1, -0.05) is 0 Å². The van der Waals surface area contributed by atoms with Crippen molar-refractivity contribution in [1.29, 1.82) is 0 Å². The highest BCUT2D eigenvalue weighted by atomic mass is 35.5. The van der Waals surface area contributed by atoms with Crippen molar-refractivity contribution in [3.8, 4) is 5.75 Å². The van der Waals surface area contributed by atoms with Crippen LogP contribution in [-0.2, 0) is 4.79 Å². The average Bonchev–Trinajstić information content (AvgIpc) is 2.89. The van der Waals surface area contributed by atoms with E-state index in [2.05, 4.69) is 10.3 Å². The molecule has 0 spiro atoms. The fourth-order valence-corrected chi connectivity index (χ4v) is 2.12. The molecular weight excluding hydrogens is 287 g/mol. The van der Waals surface area contributed by atoms with Gasteiger partial charge in [0.1, 0.15) is 21.4 Å². The van der Waals surface area contributed by atoms with E-state index in [1.54, 1.807) is 18.5 Å². The SMILES string of the molecule is CC(C)(C)Oc1ccncc1NC(=O)[C@@H]1CC1(Cl)Cl. The summed E-state index contributed by atoms with van der Waals surface area (Å²) in [5, 5.41) is 2.76. The van der Waals surface area contributed by atoms with Crippen molar-refractivity contribution in [2.75, 3.05) is 5.32 Å². The van der Waals surface area contributed by atoms with E-state index < -0.39 is 4.33 Å². The van der Waals surface area contributed by atoms with E-state index in [9.17, 15) is 4.79 Å². The number of pyridine rings is 1. The summed E-state index contributed by atoms with van der Waals surface area (Å²) in [4.78, 5) is 15.9. The number of carbonyl (C=O) groups is 1. The number of carbonyl (C=O) groups excluding carboxylic acids is 1. The van der Waals surface area contributed by atoms with Crippen LogP contribution in [0.15, 0.2) is 18.5 Å². The number of nitrogens with one attached hydrogen (secondary N) is 1. The van der Waals surface area contributed by atoms with Gasteiger partial charge >= 0.3 is 0 Å². The van der Waals surface area contributed by atoms with Gasteiger partial charge in [-0.15, -0.1) is 23.2 Å². The number of anilines is 1. The van der Waals surface area contributed by atoms with E-state index >= 15 is 0 Å². The first-order chi connectivity index (χ1) is 8.69. The quantitative estimate of drug-likeness (QED) is 0.871. The summed E-state index contributed by atoms with van der Waals surface area (Å²) in [7, 11) is 0. The molecule has 0 aliphatic heterocycles. The summed E-state index contributed by atoms with van der Waals surface area (Å²) >= 11 is 11.7. The zero-order valence-corrected chi connectivity index (χ0v) is 12.5. The lowest BCUT2D eigenvalue weighted by Gasteiger charge is -2.23. The number of hydrogen-bond acceptors (Lipinski definition) is 3. The molecule has 1 aliphatic rings. The Morgan fingerprint density at radius 2 is 2.16 bits per heavy atom. The number of amides is 1. The Labute approximate surface area is 122 Å². The van der Waals surface area contributed by atoms with Crippen LogP contribution in [0.5, 0.6) is 5.75 Å². The molecule has 0 bridgehead atoms. The van der Waals surface area contributed by atoms with Crippen molar-refractivity contribution >= 4 is 34.8 Å². The van der Waals surface area contributed by atoms with E-state index in [1.165, 1.54) is 0 Å². The summed E-state index contributed by atoms with van der Waals surface area (Å²) in [6.07, 6.45) is 3.63. The van der Waals surface area contributed by atoms with Gasteiger partial charge in [0.15, 0.2) is 0 Å². The third kappa shape index (κ3) is 3.74. The number of aromatic nitrogens is 1. The van der Waals surface area contributed by atoms with E-state index in [1.807, 2.05) is 20.8 Å². The standard InChI is InChI=1S/C13H16Cl2N2O2/c1-12(2,3)19-10-4-5-16-7-9(10)17-11(18)8-6-13(8,14)15/h4-5,7-8H,6H2,1-3H3,(H,17,18)/t8-/m0/s1. The topological polar surface area (TPSA) is 51.2 Å². The number of nitrogens with zero attached hydrogens (tertiary/aromatic N) is 1. The number of hydrogen-bond donors (Lipinski definition) is 1. The van der Waals surface area contributed by atoms with Crippen LogP contribution >= 0.6 is 23.2 Å². The average molecular weight is 303 g/mol. The molecule has 0 radical (unpaired) electrons. The van der Waals surface area contributed by atoms with Crippen LogP contribution < -0.4 is 10.1 Å². The van der Waals surface area contributed by atoms with Gasteiger partial charge in [-0.25, -0.2) is 0 Å². The van der Waals surface area contributed by atoms with Gasteiger partial charge in [0.25, 0.3) is 0 Å². The van der Waals surface area contributed by atoms with Crippen LogP contribution in [0.1, 0.15) is 27.2 Å². The highest BCUT2D eigenvalue weighted by molar-refractivity contribution is 6.52. The molecule has 0 saturated heterocycles. The van der Waals surface area contributed by atoms with Crippen LogP contribution in [0.3, 0.4) is 0 Å². The van der Waals surface area contributed by atoms with Gasteiger partial charge in [0, 0.05) is 12.3 Å².